The maximum absolute atomic E-state index is 12.5. The minimum absolute atomic E-state index is 0.00247. The Morgan fingerprint density at radius 3 is 2.58 bits per heavy atom. The number of aromatic nitrogens is 1. The van der Waals surface area contributed by atoms with Crippen molar-refractivity contribution in [2.45, 2.75) is 57.4 Å². The van der Waals surface area contributed by atoms with Gasteiger partial charge < -0.3 is 10.6 Å². The summed E-state index contributed by atoms with van der Waals surface area (Å²) in [6, 6.07) is 12.7. The summed E-state index contributed by atoms with van der Waals surface area (Å²) >= 11 is 0. The number of hydrogen-bond donors (Lipinski definition) is 2. The van der Waals surface area contributed by atoms with Crippen LogP contribution in [-0.4, -0.2) is 23.5 Å². The van der Waals surface area contributed by atoms with Crippen LogP contribution in [-0.2, 0) is 6.42 Å². The fraction of sp³-hybridized carbons (Fsp3) is 0.455. The number of benzene rings is 1. The second-order valence-corrected chi connectivity index (χ2v) is 7.14. The van der Waals surface area contributed by atoms with Gasteiger partial charge in [0.05, 0.1) is 11.3 Å². The first kappa shape index (κ1) is 18.4. The Morgan fingerprint density at radius 1 is 1.04 bits per heavy atom. The predicted molar refractivity (Wildman–Crippen MR) is 106 cm³/mol. The Balaban J connectivity index is 1.46. The molecule has 2 aromatic rings. The number of rotatable bonds is 7. The molecule has 1 heterocycles. The van der Waals surface area contributed by atoms with Gasteiger partial charge in [-0.15, -0.1) is 0 Å². The van der Waals surface area contributed by atoms with Crippen LogP contribution in [0, 0.1) is 0 Å². The number of hydrogen-bond acceptors (Lipinski definition) is 3. The maximum atomic E-state index is 12.5. The third-order valence-corrected chi connectivity index (χ3v) is 5.01. The molecule has 1 aromatic carbocycles. The monoisotopic (exact) mass is 351 g/mol. The molecule has 3 rings (SSSR count). The number of carbonyl (C=O) groups excluding carboxylic acids is 1. The van der Waals surface area contributed by atoms with Crippen LogP contribution in [0.25, 0.3) is 0 Å². The average Bonchev–Trinajstić information content (AvgIpc) is 2.95. The molecule has 2 N–H and O–H groups in total. The molecule has 4 nitrogen and oxygen atoms in total. The Morgan fingerprint density at radius 2 is 1.81 bits per heavy atom. The SMILES string of the molecule is O=C(NC1CCCCCC1)c1cncc(NCCCc2ccccc2)c1. The molecule has 0 saturated heterocycles. The first-order valence-corrected chi connectivity index (χ1v) is 9.85. The topological polar surface area (TPSA) is 54.0 Å². The van der Waals surface area contributed by atoms with E-state index >= 15 is 0 Å². The van der Waals surface area contributed by atoms with Gasteiger partial charge in [-0.1, -0.05) is 56.0 Å². The van der Waals surface area contributed by atoms with Crippen molar-refractivity contribution in [1.29, 1.82) is 0 Å². The van der Waals surface area contributed by atoms with Crippen LogP contribution in [0.5, 0.6) is 0 Å². The molecule has 1 fully saturated rings. The van der Waals surface area contributed by atoms with Crippen molar-refractivity contribution in [3.63, 3.8) is 0 Å². The van der Waals surface area contributed by atoms with Crippen LogP contribution in [0.3, 0.4) is 0 Å². The summed E-state index contributed by atoms with van der Waals surface area (Å²) in [6.07, 6.45) is 12.7. The molecule has 0 spiro atoms. The van der Waals surface area contributed by atoms with E-state index in [2.05, 4.69) is 39.9 Å². The van der Waals surface area contributed by atoms with E-state index in [-0.39, 0.29) is 5.91 Å². The van der Waals surface area contributed by atoms with Gasteiger partial charge in [-0.25, -0.2) is 0 Å². The predicted octanol–water partition coefficient (Wildman–Crippen LogP) is 4.58. The molecule has 0 bridgehead atoms. The number of amides is 1. The molecular weight excluding hydrogens is 322 g/mol. The molecule has 0 radical (unpaired) electrons. The fourth-order valence-electron chi connectivity index (χ4n) is 3.52. The first-order chi connectivity index (χ1) is 12.8. The molecule has 4 heteroatoms. The molecule has 0 aliphatic heterocycles. The molecule has 0 unspecified atom stereocenters. The van der Waals surface area contributed by atoms with E-state index in [4.69, 9.17) is 0 Å². The largest absolute Gasteiger partial charge is 0.384 e. The highest BCUT2D eigenvalue weighted by atomic mass is 16.1. The van der Waals surface area contributed by atoms with E-state index in [9.17, 15) is 4.79 Å². The smallest absolute Gasteiger partial charge is 0.253 e. The second kappa shape index (κ2) is 9.95. The molecule has 1 amide bonds. The van der Waals surface area contributed by atoms with Gasteiger partial charge >= 0.3 is 0 Å². The molecule has 1 aliphatic carbocycles. The lowest BCUT2D eigenvalue weighted by atomic mass is 10.1. The third-order valence-electron chi connectivity index (χ3n) is 5.01. The minimum atomic E-state index is -0.00247. The normalized spacial score (nSPS) is 15.2. The van der Waals surface area contributed by atoms with Gasteiger partial charge in [0.25, 0.3) is 5.91 Å². The van der Waals surface area contributed by atoms with E-state index in [1.807, 2.05) is 12.1 Å². The first-order valence-electron chi connectivity index (χ1n) is 9.85. The van der Waals surface area contributed by atoms with Gasteiger partial charge in [0, 0.05) is 25.0 Å². The van der Waals surface area contributed by atoms with Gasteiger partial charge in [0.1, 0.15) is 0 Å². The van der Waals surface area contributed by atoms with Gasteiger partial charge in [-0.3, -0.25) is 9.78 Å². The zero-order chi connectivity index (χ0) is 18.0. The van der Waals surface area contributed by atoms with Crippen molar-refractivity contribution >= 4 is 11.6 Å². The molecule has 26 heavy (non-hydrogen) atoms. The number of aryl methyl sites for hydroxylation is 1. The van der Waals surface area contributed by atoms with Gasteiger partial charge in [-0.05, 0) is 37.3 Å². The van der Waals surface area contributed by atoms with Crippen LogP contribution in [0.4, 0.5) is 5.69 Å². The van der Waals surface area contributed by atoms with Gasteiger partial charge in [0.2, 0.25) is 0 Å². The Bertz CT molecular complexity index is 679. The summed E-state index contributed by atoms with van der Waals surface area (Å²) < 4.78 is 0. The van der Waals surface area contributed by atoms with E-state index in [1.165, 1.54) is 31.2 Å². The van der Waals surface area contributed by atoms with Crippen LogP contribution >= 0.6 is 0 Å². The van der Waals surface area contributed by atoms with Crippen molar-refractivity contribution in [3.05, 3.63) is 59.9 Å². The highest BCUT2D eigenvalue weighted by Gasteiger charge is 2.16. The van der Waals surface area contributed by atoms with Crippen molar-refractivity contribution < 1.29 is 4.79 Å². The van der Waals surface area contributed by atoms with Crippen molar-refractivity contribution in [3.8, 4) is 0 Å². The molecule has 1 saturated carbocycles. The maximum Gasteiger partial charge on any atom is 0.253 e. The lowest BCUT2D eigenvalue weighted by molar-refractivity contribution is 0.0933. The van der Waals surface area contributed by atoms with Gasteiger partial charge in [-0.2, -0.15) is 0 Å². The van der Waals surface area contributed by atoms with Crippen LogP contribution < -0.4 is 10.6 Å². The second-order valence-electron chi connectivity index (χ2n) is 7.14. The van der Waals surface area contributed by atoms with Gasteiger partial charge in [0.15, 0.2) is 0 Å². The molecule has 1 aromatic heterocycles. The average molecular weight is 351 g/mol. The number of carbonyl (C=O) groups is 1. The summed E-state index contributed by atoms with van der Waals surface area (Å²) in [5.41, 5.74) is 2.90. The summed E-state index contributed by atoms with van der Waals surface area (Å²) in [7, 11) is 0. The number of nitrogens with zero attached hydrogens (tertiary/aromatic N) is 1. The summed E-state index contributed by atoms with van der Waals surface area (Å²) in [5, 5.41) is 6.57. The summed E-state index contributed by atoms with van der Waals surface area (Å²) in [6.45, 7) is 0.865. The number of pyridine rings is 1. The summed E-state index contributed by atoms with van der Waals surface area (Å²) in [4.78, 5) is 16.7. The number of anilines is 1. The zero-order valence-electron chi connectivity index (χ0n) is 15.4. The van der Waals surface area contributed by atoms with E-state index in [0.29, 0.717) is 11.6 Å². The minimum Gasteiger partial charge on any atom is -0.384 e. The molecule has 138 valence electrons. The van der Waals surface area contributed by atoms with Crippen LogP contribution in [0.1, 0.15) is 60.9 Å². The Hall–Kier alpha value is -2.36. The van der Waals surface area contributed by atoms with E-state index < -0.39 is 0 Å². The standard InChI is InChI=1S/C22H29N3O/c26-22(25-20-12-6-1-2-7-13-20)19-15-21(17-23-16-19)24-14-8-11-18-9-4-3-5-10-18/h3-5,9-10,15-17,20,24H,1-2,6-8,11-14H2,(H,25,26). The van der Waals surface area contributed by atoms with Crippen LogP contribution in [0.15, 0.2) is 48.8 Å². The van der Waals surface area contributed by atoms with E-state index in [1.54, 1.807) is 12.4 Å². The Labute approximate surface area is 156 Å². The molecular formula is C22H29N3O. The molecule has 0 atom stereocenters. The van der Waals surface area contributed by atoms with E-state index in [0.717, 1.165) is 37.9 Å². The van der Waals surface area contributed by atoms with Crippen molar-refractivity contribution in [2.24, 2.45) is 0 Å². The van der Waals surface area contributed by atoms with Crippen molar-refractivity contribution in [2.75, 3.05) is 11.9 Å². The van der Waals surface area contributed by atoms with Crippen molar-refractivity contribution in [1.82, 2.24) is 10.3 Å². The Kier molecular flexibility index (Phi) is 7.05. The van der Waals surface area contributed by atoms with Crippen LogP contribution in [0.2, 0.25) is 0 Å². The third kappa shape index (κ3) is 5.87. The zero-order valence-corrected chi connectivity index (χ0v) is 15.4. The highest BCUT2D eigenvalue weighted by Crippen LogP contribution is 2.18. The quantitative estimate of drug-likeness (QED) is 0.567. The lowest BCUT2D eigenvalue weighted by Gasteiger charge is -2.16. The number of nitrogens with one attached hydrogen (secondary N) is 2. The highest BCUT2D eigenvalue weighted by molar-refractivity contribution is 5.94. The fourth-order valence-corrected chi connectivity index (χ4v) is 3.52. The molecule has 1 aliphatic rings. The lowest BCUT2D eigenvalue weighted by Crippen LogP contribution is -2.34. The summed E-state index contributed by atoms with van der Waals surface area (Å²) in [5.74, 6) is -0.00247.